The first-order valence-corrected chi connectivity index (χ1v) is 7.03. The smallest absolute Gasteiger partial charge is 0.172 e. The summed E-state index contributed by atoms with van der Waals surface area (Å²) < 4.78 is 17.8. The van der Waals surface area contributed by atoms with Crippen LogP contribution < -0.4 is 9.47 Å². The number of carbonyl (C=O) groups is 1. The molecule has 2 rings (SSSR count). The largest absolute Gasteiger partial charge is 0.490 e. The van der Waals surface area contributed by atoms with E-state index in [4.69, 9.17) is 14.2 Å². The molecule has 0 unspecified atom stereocenters. The van der Waals surface area contributed by atoms with Gasteiger partial charge in [0.05, 0.1) is 25.5 Å². The Labute approximate surface area is 128 Å². The van der Waals surface area contributed by atoms with E-state index in [1.165, 1.54) is 0 Å². The summed E-state index contributed by atoms with van der Waals surface area (Å²) in [5.41, 5.74) is 1.57. The summed E-state index contributed by atoms with van der Waals surface area (Å²) in [5.74, 6) is 1.28. The Morgan fingerprint density at radius 1 is 1.18 bits per heavy atom. The van der Waals surface area contributed by atoms with Crippen LogP contribution >= 0.6 is 0 Å². The molecule has 118 valence electrons. The lowest BCUT2D eigenvalue weighted by atomic mass is 10.2. The van der Waals surface area contributed by atoms with Crippen molar-refractivity contribution in [2.45, 2.75) is 20.5 Å². The second kappa shape index (κ2) is 7.56. The number of aldehydes is 1. The van der Waals surface area contributed by atoms with Crippen LogP contribution in [0.25, 0.3) is 5.69 Å². The van der Waals surface area contributed by atoms with E-state index >= 15 is 0 Å². The predicted octanol–water partition coefficient (Wildman–Crippen LogP) is 2.02. The average molecular weight is 305 g/mol. The zero-order valence-electron chi connectivity index (χ0n) is 12.9. The van der Waals surface area contributed by atoms with Crippen LogP contribution in [0.1, 0.15) is 30.0 Å². The van der Waals surface area contributed by atoms with Crippen molar-refractivity contribution in [2.75, 3.05) is 20.3 Å². The molecule has 2 aromatic rings. The molecule has 0 saturated heterocycles. The molecule has 0 amide bonds. The van der Waals surface area contributed by atoms with E-state index in [2.05, 4.69) is 10.3 Å². The van der Waals surface area contributed by atoms with Crippen molar-refractivity contribution in [3.63, 3.8) is 0 Å². The summed E-state index contributed by atoms with van der Waals surface area (Å²) in [6, 6.07) is 5.44. The maximum absolute atomic E-state index is 11.0. The Kier molecular flexibility index (Phi) is 5.48. The normalized spacial score (nSPS) is 10.5. The molecule has 1 aromatic heterocycles. The van der Waals surface area contributed by atoms with Crippen molar-refractivity contribution in [1.82, 2.24) is 15.0 Å². The highest BCUT2D eigenvalue weighted by atomic mass is 16.5. The minimum absolute atomic E-state index is 0.234. The molecule has 1 aromatic carbocycles. The first-order chi connectivity index (χ1) is 10.7. The Morgan fingerprint density at radius 3 is 2.55 bits per heavy atom. The van der Waals surface area contributed by atoms with Gasteiger partial charge in [-0.05, 0) is 26.0 Å². The standard InChI is InChI=1S/C15H19N3O4/c1-4-21-14-7-6-11(8-15(14)22-5-2)18-13(10-20-3)12(9-19)16-17-18/h6-9H,4-5,10H2,1-3H3. The first-order valence-electron chi connectivity index (χ1n) is 7.03. The molecular formula is C15H19N3O4. The van der Waals surface area contributed by atoms with Gasteiger partial charge in [-0.1, -0.05) is 5.21 Å². The van der Waals surface area contributed by atoms with Crippen LogP contribution in [0.2, 0.25) is 0 Å². The van der Waals surface area contributed by atoms with Gasteiger partial charge in [0.2, 0.25) is 0 Å². The Balaban J connectivity index is 2.46. The summed E-state index contributed by atoms with van der Waals surface area (Å²) in [4.78, 5) is 11.0. The number of hydrogen-bond donors (Lipinski definition) is 0. The molecule has 22 heavy (non-hydrogen) atoms. The number of aromatic nitrogens is 3. The van der Waals surface area contributed by atoms with Crippen LogP contribution in [0.3, 0.4) is 0 Å². The minimum atomic E-state index is 0.234. The molecule has 7 heteroatoms. The van der Waals surface area contributed by atoms with E-state index < -0.39 is 0 Å². The number of benzene rings is 1. The van der Waals surface area contributed by atoms with Crippen LogP contribution in [0, 0.1) is 0 Å². The molecule has 0 spiro atoms. The minimum Gasteiger partial charge on any atom is -0.490 e. The van der Waals surface area contributed by atoms with Crippen molar-refractivity contribution < 1.29 is 19.0 Å². The molecule has 0 radical (unpaired) electrons. The fraction of sp³-hybridized carbons (Fsp3) is 0.400. The third kappa shape index (κ3) is 3.25. The summed E-state index contributed by atoms with van der Waals surface area (Å²) in [6.07, 6.45) is 0.663. The lowest BCUT2D eigenvalue weighted by Crippen LogP contribution is -2.06. The van der Waals surface area contributed by atoms with Crippen LogP contribution in [0.5, 0.6) is 11.5 Å². The van der Waals surface area contributed by atoms with Gasteiger partial charge in [0, 0.05) is 13.2 Å². The van der Waals surface area contributed by atoms with E-state index in [0.717, 1.165) is 5.69 Å². The maximum Gasteiger partial charge on any atom is 0.172 e. The van der Waals surface area contributed by atoms with E-state index in [-0.39, 0.29) is 12.3 Å². The lowest BCUT2D eigenvalue weighted by Gasteiger charge is -2.13. The van der Waals surface area contributed by atoms with E-state index in [1.54, 1.807) is 17.9 Å². The second-order valence-electron chi connectivity index (χ2n) is 4.38. The summed E-state index contributed by atoms with van der Waals surface area (Å²) in [6.45, 7) is 5.11. The van der Waals surface area contributed by atoms with E-state index in [1.807, 2.05) is 26.0 Å². The molecule has 0 aliphatic carbocycles. The van der Waals surface area contributed by atoms with Gasteiger partial charge in [-0.15, -0.1) is 5.10 Å². The molecule has 0 fully saturated rings. The fourth-order valence-electron chi connectivity index (χ4n) is 2.06. The van der Waals surface area contributed by atoms with Gasteiger partial charge < -0.3 is 14.2 Å². The SMILES string of the molecule is CCOc1ccc(-n2nnc(C=O)c2COC)cc1OCC. The third-order valence-corrected chi connectivity index (χ3v) is 2.96. The van der Waals surface area contributed by atoms with E-state index in [0.29, 0.717) is 36.7 Å². The zero-order chi connectivity index (χ0) is 15.9. The van der Waals surface area contributed by atoms with Gasteiger partial charge in [0.1, 0.15) is 5.69 Å². The maximum atomic E-state index is 11.0. The van der Waals surface area contributed by atoms with Crippen molar-refractivity contribution in [2.24, 2.45) is 0 Å². The highest BCUT2D eigenvalue weighted by molar-refractivity contribution is 5.73. The van der Waals surface area contributed by atoms with Crippen LogP contribution in [0.4, 0.5) is 0 Å². The topological polar surface area (TPSA) is 75.5 Å². The average Bonchev–Trinajstić information content (AvgIpc) is 2.93. The van der Waals surface area contributed by atoms with Crippen LogP contribution in [-0.2, 0) is 11.3 Å². The Bertz CT molecular complexity index is 640. The molecular weight excluding hydrogens is 286 g/mol. The zero-order valence-corrected chi connectivity index (χ0v) is 12.9. The van der Waals surface area contributed by atoms with Crippen LogP contribution in [0.15, 0.2) is 18.2 Å². The monoisotopic (exact) mass is 305 g/mol. The van der Waals surface area contributed by atoms with Gasteiger partial charge in [-0.25, -0.2) is 4.68 Å². The molecule has 7 nitrogen and oxygen atoms in total. The number of nitrogens with zero attached hydrogens (tertiary/aromatic N) is 3. The van der Waals surface area contributed by atoms with Crippen molar-refractivity contribution in [1.29, 1.82) is 0 Å². The first kappa shape index (κ1) is 16.0. The second-order valence-corrected chi connectivity index (χ2v) is 4.38. The van der Waals surface area contributed by atoms with Crippen molar-refractivity contribution in [3.05, 3.63) is 29.6 Å². The van der Waals surface area contributed by atoms with E-state index in [9.17, 15) is 4.79 Å². The summed E-state index contributed by atoms with van der Waals surface area (Å²) in [5, 5.41) is 7.87. The molecule has 0 N–H and O–H groups in total. The quantitative estimate of drug-likeness (QED) is 0.695. The van der Waals surface area contributed by atoms with Crippen molar-refractivity contribution in [3.8, 4) is 17.2 Å². The molecule has 0 saturated carbocycles. The third-order valence-electron chi connectivity index (χ3n) is 2.96. The van der Waals surface area contributed by atoms with Crippen molar-refractivity contribution >= 4 is 6.29 Å². The molecule has 0 aliphatic heterocycles. The molecule has 0 aliphatic rings. The van der Waals surface area contributed by atoms with Gasteiger partial charge in [-0.2, -0.15) is 0 Å². The number of hydrogen-bond acceptors (Lipinski definition) is 6. The molecule has 0 bridgehead atoms. The van der Waals surface area contributed by atoms with Gasteiger partial charge in [-0.3, -0.25) is 4.79 Å². The van der Waals surface area contributed by atoms with Gasteiger partial charge >= 0.3 is 0 Å². The number of ether oxygens (including phenoxy) is 3. The number of methoxy groups -OCH3 is 1. The Hall–Kier alpha value is -2.41. The summed E-state index contributed by atoms with van der Waals surface area (Å²) in [7, 11) is 1.55. The van der Waals surface area contributed by atoms with Gasteiger partial charge in [0.15, 0.2) is 23.5 Å². The number of rotatable bonds is 8. The number of carbonyl (C=O) groups excluding carboxylic acids is 1. The highest BCUT2D eigenvalue weighted by Crippen LogP contribution is 2.30. The van der Waals surface area contributed by atoms with Gasteiger partial charge in [0.25, 0.3) is 0 Å². The lowest BCUT2D eigenvalue weighted by molar-refractivity contribution is 0.111. The summed E-state index contributed by atoms with van der Waals surface area (Å²) >= 11 is 0. The highest BCUT2D eigenvalue weighted by Gasteiger charge is 2.15. The predicted molar refractivity (Wildman–Crippen MR) is 79.8 cm³/mol. The molecule has 1 heterocycles. The van der Waals surface area contributed by atoms with Crippen LogP contribution in [-0.4, -0.2) is 41.6 Å². The molecule has 0 atom stereocenters. The fourth-order valence-corrected chi connectivity index (χ4v) is 2.06. The Morgan fingerprint density at radius 2 is 1.91 bits per heavy atom.